The highest BCUT2D eigenvalue weighted by atomic mass is 35.5. The normalized spacial score (nSPS) is 21.0. The van der Waals surface area contributed by atoms with Crippen molar-refractivity contribution in [3.05, 3.63) is 69.0 Å². The standard InChI is InChI=1S/C16H13Cl2FO/c17-11-4-5-14(18)10(8-11)9-16(20)7-6-12-13(16)2-1-3-15(12)19/h1-5,8,20H,6-7,9H2. The van der Waals surface area contributed by atoms with Gasteiger partial charge in [0, 0.05) is 16.5 Å². The minimum atomic E-state index is -1.08. The van der Waals surface area contributed by atoms with E-state index in [2.05, 4.69) is 0 Å². The molecule has 0 spiro atoms. The molecule has 104 valence electrons. The Hall–Kier alpha value is -1.09. The van der Waals surface area contributed by atoms with Crippen LogP contribution in [0.2, 0.25) is 10.0 Å². The molecule has 1 atom stereocenters. The van der Waals surface area contributed by atoms with Gasteiger partial charge in [0.2, 0.25) is 0 Å². The summed E-state index contributed by atoms with van der Waals surface area (Å²) in [6.07, 6.45) is 1.37. The van der Waals surface area contributed by atoms with Crippen LogP contribution in [0.4, 0.5) is 4.39 Å². The van der Waals surface area contributed by atoms with Crippen LogP contribution in [0.1, 0.15) is 23.1 Å². The topological polar surface area (TPSA) is 20.2 Å². The molecule has 0 saturated heterocycles. The van der Waals surface area contributed by atoms with Crippen LogP contribution >= 0.6 is 23.2 Å². The Balaban J connectivity index is 2.00. The number of hydrogen-bond donors (Lipinski definition) is 1. The highest BCUT2D eigenvalue weighted by Gasteiger charge is 2.38. The van der Waals surface area contributed by atoms with Gasteiger partial charge in [0.1, 0.15) is 5.82 Å². The maximum Gasteiger partial charge on any atom is 0.126 e. The molecule has 0 saturated carbocycles. The Morgan fingerprint density at radius 2 is 2.00 bits per heavy atom. The SMILES string of the molecule is OC1(Cc2cc(Cl)ccc2Cl)CCc2c(F)cccc21. The molecule has 4 heteroatoms. The molecule has 0 fully saturated rings. The van der Waals surface area contributed by atoms with Gasteiger partial charge in [0.05, 0.1) is 5.60 Å². The molecule has 0 aliphatic heterocycles. The van der Waals surface area contributed by atoms with E-state index in [0.717, 1.165) is 5.56 Å². The Labute approximate surface area is 127 Å². The van der Waals surface area contributed by atoms with Crippen LogP contribution in [-0.4, -0.2) is 5.11 Å². The van der Waals surface area contributed by atoms with Gasteiger partial charge in [-0.1, -0.05) is 35.3 Å². The molecule has 1 N–H and O–H groups in total. The summed E-state index contributed by atoms with van der Waals surface area (Å²) < 4.78 is 13.8. The van der Waals surface area contributed by atoms with E-state index in [4.69, 9.17) is 23.2 Å². The maximum absolute atomic E-state index is 13.8. The fourth-order valence-corrected chi connectivity index (χ4v) is 3.27. The van der Waals surface area contributed by atoms with Crippen molar-refractivity contribution in [1.29, 1.82) is 0 Å². The molecule has 2 aromatic carbocycles. The summed E-state index contributed by atoms with van der Waals surface area (Å²) in [4.78, 5) is 0. The molecule has 1 aliphatic carbocycles. The highest BCUT2D eigenvalue weighted by molar-refractivity contribution is 6.33. The number of halogens is 3. The fraction of sp³-hybridized carbons (Fsp3) is 0.250. The third-order valence-corrected chi connectivity index (χ3v) is 4.50. The lowest BCUT2D eigenvalue weighted by Crippen LogP contribution is -2.25. The first-order valence-electron chi connectivity index (χ1n) is 6.44. The van der Waals surface area contributed by atoms with Crippen molar-refractivity contribution >= 4 is 23.2 Å². The number of rotatable bonds is 2. The van der Waals surface area contributed by atoms with Crippen LogP contribution in [0.15, 0.2) is 36.4 Å². The van der Waals surface area contributed by atoms with Crippen molar-refractivity contribution in [1.82, 2.24) is 0 Å². The molecular formula is C16H13Cl2FO. The van der Waals surface area contributed by atoms with Gasteiger partial charge in [-0.15, -0.1) is 0 Å². The number of benzene rings is 2. The first kappa shape index (κ1) is 13.9. The Morgan fingerprint density at radius 1 is 1.20 bits per heavy atom. The van der Waals surface area contributed by atoms with Gasteiger partial charge < -0.3 is 5.11 Å². The van der Waals surface area contributed by atoms with Gasteiger partial charge in [-0.25, -0.2) is 4.39 Å². The zero-order valence-corrected chi connectivity index (χ0v) is 12.2. The van der Waals surface area contributed by atoms with Crippen molar-refractivity contribution in [2.75, 3.05) is 0 Å². The lowest BCUT2D eigenvalue weighted by molar-refractivity contribution is 0.0389. The first-order chi connectivity index (χ1) is 9.49. The third-order valence-electron chi connectivity index (χ3n) is 3.90. The van der Waals surface area contributed by atoms with Crippen molar-refractivity contribution in [3.63, 3.8) is 0 Å². The molecule has 0 heterocycles. The van der Waals surface area contributed by atoms with E-state index >= 15 is 0 Å². The van der Waals surface area contributed by atoms with Crippen LogP contribution in [0.5, 0.6) is 0 Å². The molecule has 2 aromatic rings. The lowest BCUT2D eigenvalue weighted by Gasteiger charge is -2.25. The van der Waals surface area contributed by atoms with Crippen LogP contribution in [0, 0.1) is 5.82 Å². The molecule has 0 bridgehead atoms. The molecule has 1 unspecified atom stereocenters. The van der Waals surface area contributed by atoms with Crippen molar-refractivity contribution in [3.8, 4) is 0 Å². The average molecular weight is 311 g/mol. The van der Waals surface area contributed by atoms with Crippen LogP contribution in [0.3, 0.4) is 0 Å². The van der Waals surface area contributed by atoms with E-state index in [0.29, 0.717) is 40.4 Å². The molecule has 0 radical (unpaired) electrons. The van der Waals surface area contributed by atoms with Crippen molar-refractivity contribution in [2.45, 2.75) is 24.9 Å². The lowest BCUT2D eigenvalue weighted by atomic mass is 9.89. The maximum atomic E-state index is 13.8. The molecule has 20 heavy (non-hydrogen) atoms. The number of aliphatic hydroxyl groups is 1. The third kappa shape index (κ3) is 2.32. The van der Waals surface area contributed by atoms with Gasteiger partial charge in [0.25, 0.3) is 0 Å². The predicted octanol–water partition coefficient (Wildman–Crippen LogP) is 4.51. The fourth-order valence-electron chi connectivity index (χ4n) is 2.89. The van der Waals surface area contributed by atoms with Crippen molar-refractivity contribution in [2.24, 2.45) is 0 Å². The minimum absolute atomic E-state index is 0.254. The summed E-state index contributed by atoms with van der Waals surface area (Å²) in [5.74, 6) is -0.254. The molecular weight excluding hydrogens is 298 g/mol. The van der Waals surface area contributed by atoms with E-state index in [1.54, 1.807) is 30.3 Å². The van der Waals surface area contributed by atoms with Gasteiger partial charge >= 0.3 is 0 Å². The monoisotopic (exact) mass is 310 g/mol. The van der Waals surface area contributed by atoms with Crippen LogP contribution in [-0.2, 0) is 18.4 Å². The van der Waals surface area contributed by atoms with Crippen molar-refractivity contribution < 1.29 is 9.50 Å². The molecule has 1 aliphatic rings. The smallest absolute Gasteiger partial charge is 0.126 e. The zero-order valence-electron chi connectivity index (χ0n) is 10.7. The van der Waals surface area contributed by atoms with Gasteiger partial charge in [-0.2, -0.15) is 0 Å². The predicted molar refractivity (Wildman–Crippen MR) is 78.8 cm³/mol. The Bertz CT molecular complexity index is 672. The first-order valence-corrected chi connectivity index (χ1v) is 7.19. The van der Waals surface area contributed by atoms with Gasteiger partial charge in [0.15, 0.2) is 0 Å². The summed E-state index contributed by atoms with van der Waals surface area (Å²) in [7, 11) is 0. The second kappa shape index (κ2) is 5.03. The zero-order chi connectivity index (χ0) is 14.3. The molecule has 0 amide bonds. The number of fused-ring (bicyclic) bond motifs is 1. The molecule has 3 rings (SSSR count). The Morgan fingerprint density at radius 3 is 2.80 bits per heavy atom. The van der Waals surface area contributed by atoms with E-state index in [9.17, 15) is 9.50 Å². The van der Waals surface area contributed by atoms with Crippen LogP contribution in [0.25, 0.3) is 0 Å². The minimum Gasteiger partial charge on any atom is -0.385 e. The molecule has 0 aromatic heterocycles. The largest absolute Gasteiger partial charge is 0.385 e. The summed E-state index contributed by atoms with van der Waals surface area (Å²) in [5, 5.41) is 12.0. The van der Waals surface area contributed by atoms with E-state index in [-0.39, 0.29) is 5.82 Å². The number of hydrogen-bond acceptors (Lipinski definition) is 1. The quantitative estimate of drug-likeness (QED) is 0.865. The summed E-state index contributed by atoms with van der Waals surface area (Å²) in [6.45, 7) is 0. The Kier molecular flexibility index (Phi) is 3.49. The summed E-state index contributed by atoms with van der Waals surface area (Å²) >= 11 is 12.1. The van der Waals surface area contributed by atoms with Gasteiger partial charge in [-0.05, 0) is 53.8 Å². The van der Waals surface area contributed by atoms with E-state index < -0.39 is 5.60 Å². The highest BCUT2D eigenvalue weighted by Crippen LogP contribution is 2.41. The summed E-state index contributed by atoms with van der Waals surface area (Å²) in [5.41, 5.74) is 0.964. The average Bonchev–Trinajstić information content (AvgIpc) is 2.73. The van der Waals surface area contributed by atoms with E-state index in [1.165, 1.54) is 6.07 Å². The molecule has 1 nitrogen and oxygen atoms in total. The second-order valence-corrected chi connectivity index (χ2v) is 6.05. The second-order valence-electron chi connectivity index (χ2n) is 5.21. The van der Waals surface area contributed by atoms with Gasteiger partial charge in [-0.3, -0.25) is 0 Å². The summed E-state index contributed by atoms with van der Waals surface area (Å²) in [6, 6.07) is 10.0. The van der Waals surface area contributed by atoms with Crippen LogP contribution < -0.4 is 0 Å². The van der Waals surface area contributed by atoms with E-state index in [1.807, 2.05) is 0 Å².